The monoisotopic (exact) mass is 215 g/mol. The predicted molar refractivity (Wildman–Crippen MR) is 62.9 cm³/mol. The largest absolute Gasteiger partial charge is 0.480 e. The molecular formula is C12H25NO2. The van der Waals surface area contributed by atoms with E-state index in [-0.39, 0.29) is 12.0 Å². The molecule has 2 atom stereocenters. The molecule has 0 fully saturated rings. The van der Waals surface area contributed by atoms with Gasteiger partial charge in [0.25, 0.3) is 0 Å². The Balaban J connectivity index is 4.33. The number of carboxylic acid groups (broad SMARTS) is 1. The minimum absolute atomic E-state index is 0.124. The van der Waals surface area contributed by atoms with Gasteiger partial charge in [0.05, 0.1) is 0 Å². The zero-order valence-corrected chi connectivity index (χ0v) is 10.6. The van der Waals surface area contributed by atoms with Crippen molar-refractivity contribution in [1.82, 2.24) is 5.32 Å². The molecule has 0 aliphatic rings. The second-order valence-electron chi connectivity index (χ2n) is 4.59. The Bertz CT molecular complexity index is 188. The molecule has 0 saturated carbocycles. The number of nitrogens with one attached hydrogen (secondary N) is 1. The summed E-state index contributed by atoms with van der Waals surface area (Å²) in [4.78, 5) is 11.0. The fourth-order valence-electron chi connectivity index (χ4n) is 1.96. The van der Waals surface area contributed by atoms with Gasteiger partial charge in [-0.2, -0.15) is 0 Å². The molecule has 90 valence electrons. The lowest BCUT2D eigenvalue weighted by atomic mass is 9.93. The summed E-state index contributed by atoms with van der Waals surface area (Å²) in [6.07, 6.45) is 2.18. The van der Waals surface area contributed by atoms with Crippen LogP contribution < -0.4 is 5.32 Å². The maximum Gasteiger partial charge on any atom is 0.320 e. The van der Waals surface area contributed by atoms with Crippen LogP contribution in [0.1, 0.15) is 47.5 Å². The smallest absolute Gasteiger partial charge is 0.320 e. The van der Waals surface area contributed by atoms with Crippen LogP contribution in [0, 0.1) is 11.8 Å². The standard InChI is InChI=1S/C12H25NO2/c1-6-10(7-2)9(5)13-11(8(3)4)12(14)15/h8-11,13H,6-7H2,1-5H3,(H,14,15). The summed E-state index contributed by atoms with van der Waals surface area (Å²) < 4.78 is 0. The molecule has 0 aliphatic carbocycles. The maximum atomic E-state index is 11.0. The molecule has 0 aliphatic heterocycles. The third-order valence-electron chi connectivity index (χ3n) is 3.13. The summed E-state index contributed by atoms with van der Waals surface area (Å²) in [6.45, 7) is 10.3. The van der Waals surface area contributed by atoms with E-state index in [4.69, 9.17) is 5.11 Å². The minimum Gasteiger partial charge on any atom is -0.480 e. The summed E-state index contributed by atoms with van der Waals surface area (Å²) in [7, 11) is 0. The van der Waals surface area contributed by atoms with Crippen LogP contribution in [-0.2, 0) is 4.79 Å². The molecule has 0 aromatic carbocycles. The van der Waals surface area contributed by atoms with Gasteiger partial charge in [-0.25, -0.2) is 0 Å². The molecule has 0 aromatic rings. The Labute approximate surface area is 93.3 Å². The number of hydrogen-bond acceptors (Lipinski definition) is 2. The number of rotatable bonds is 7. The van der Waals surface area contributed by atoms with Gasteiger partial charge in [0.15, 0.2) is 0 Å². The van der Waals surface area contributed by atoms with Crippen molar-refractivity contribution in [2.24, 2.45) is 11.8 Å². The number of carbonyl (C=O) groups is 1. The highest BCUT2D eigenvalue weighted by molar-refractivity contribution is 5.73. The lowest BCUT2D eigenvalue weighted by Gasteiger charge is -2.28. The molecular weight excluding hydrogens is 190 g/mol. The molecule has 0 spiro atoms. The lowest BCUT2D eigenvalue weighted by molar-refractivity contribution is -0.141. The zero-order chi connectivity index (χ0) is 12.0. The Morgan fingerprint density at radius 3 is 1.93 bits per heavy atom. The number of carboxylic acids is 1. The van der Waals surface area contributed by atoms with E-state index in [2.05, 4.69) is 26.1 Å². The van der Waals surface area contributed by atoms with E-state index in [0.29, 0.717) is 5.92 Å². The van der Waals surface area contributed by atoms with Crippen molar-refractivity contribution in [3.63, 3.8) is 0 Å². The van der Waals surface area contributed by atoms with Crippen molar-refractivity contribution in [2.75, 3.05) is 0 Å². The quantitative estimate of drug-likeness (QED) is 0.686. The second kappa shape index (κ2) is 6.83. The molecule has 3 nitrogen and oxygen atoms in total. The predicted octanol–water partition coefficient (Wildman–Crippen LogP) is 2.51. The summed E-state index contributed by atoms with van der Waals surface area (Å²) in [6, 6.07) is -0.163. The van der Waals surface area contributed by atoms with Crippen LogP contribution in [-0.4, -0.2) is 23.2 Å². The van der Waals surface area contributed by atoms with E-state index in [1.165, 1.54) is 0 Å². The van der Waals surface area contributed by atoms with Gasteiger partial charge in [-0.15, -0.1) is 0 Å². The Hall–Kier alpha value is -0.570. The zero-order valence-electron chi connectivity index (χ0n) is 10.6. The average molecular weight is 215 g/mol. The second-order valence-corrected chi connectivity index (χ2v) is 4.59. The first kappa shape index (κ1) is 14.4. The minimum atomic E-state index is -0.747. The van der Waals surface area contributed by atoms with Gasteiger partial charge < -0.3 is 10.4 Å². The topological polar surface area (TPSA) is 49.3 Å². The normalized spacial score (nSPS) is 15.7. The molecule has 0 radical (unpaired) electrons. The summed E-state index contributed by atoms with van der Waals surface area (Å²) in [5.41, 5.74) is 0. The molecule has 0 amide bonds. The van der Waals surface area contributed by atoms with Crippen molar-refractivity contribution >= 4 is 5.97 Å². The first-order valence-corrected chi connectivity index (χ1v) is 5.92. The van der Waals surface area contributed by atoms with Gasteiger partial charge in [0.1, 0.15) is 6.04 Å². The highest BCUT2D eigenvalue weighted by Crippen LogP contribution is 2.14. The first-order chi connectivity index (χ1) is 6.93. The van der Waals surface area contributed by atoms with Crippen molar-refractivity contribution in [2.45, 2.75) is 59.5 Å². The molecule has 3 heteroatoms. The fraction of sp³-hybridized carbons (Fsp3) is 0.917. The van der Waals surface area contributed by atoms with Crippen molar-refractivity contribution in [1.29, 1.82) is 0 Å². The third kappa shape index (κ3) is 4.65. The number of hydrogen-bond donors (Lipinski definition) is 2. The van der Waals surface area contributed by atoms with Crippen LogP contribution in [0.25, 0.3) is 0 Å². The van der Waals surface area contributed by atoms with E-state index in [0.717, 1.165) is 12.8 Å². The molecule has 0 saturated heterocycles. The lowest BCUT2D eigenvalue weighted by Crippen LogP contribution is -2.47. The van der Waals surface area contributed by atoms with E-state index in [1.54, 1.807) is 0 Å². The van der Waals surface area contributed by atoms with Crippen LogP contribution >= 0.6 is 0 Å². The SMILES string of the molecule is CCC(CC)C(C)NC(C(=O)O)C(C)C. The van der Waals surface area contributed by atoms with E-state index in [9.17, 15) is 4.79 Å². The highest BCUT2D eigenvalue weighted by Gasteiger charge is 2.25. The molecule has 15 heavy (non-hydrogen) atoms. The average Bonchev–Trinajstić information content (AvgIpc) is 2.15. The highest BCUT2D eigenvalue weighted by atomic mass is 16.4. The van der Waals surface area contributed by atoms with Gasteiger partial charge in [-0.1, -0.05) is 40.5 Å². The summed E-state index contributed by atoms with van der Waals surface area (Å²) >= 11 is 0. The maximum absolute atomic E-state index is 11.0. The third-order valence-corrected chi connectivity index (χ3v) is 3.13. The van der Waals surface area contributed by atoms with E-state index in [1.807, 2.05) is 13.8 Å². The van der Waals surface area contributed by atoms with E-state index < -0.39 is 12.0 Å². The summed E-state index contributed by atoms with van der Waals surface area (Å²) in [5, 5.41) is 12.3. The van der Waals surface area contributed by atoms with Crippen LogP contribution in [0.15, 0.2) is 0 Å². The van der Waals surface area contributed by atoms with Crippen LogP contribution in [0.2, 0.25) is 0 Å². The molecule has 0 bridgehead atoms. The first-order valence-electron chi connectivity index (χ1n) is 5.92. The molecule has 2 unspecified atom stereocenters. The Morgan fingerprint density at radius 1 is 1.20 bits per heavy atom. The molecule has 0 rings (SSSR count). The van der Waals surface area contributed by atoms with E-state index >= 15 is 0 Å². The molecule has 2 N–H and O–H groups in total. The van der Waals surface area contributed by atoms with Gasteiger partial charge in [-0.3, -0.25) is 4.79 Å². The Kier molecular flexibility index (Phi) is 6.57. The van der Waals surface area contributed by atoms with Crippen LogP contribution in [0.5, 0.6) is 0 Å². The van der Waals surface area contributed by atoms with Crippen molar-refractivity contribution < 1.29 is 9.90 Å². The summed E-state index contributed by atoms with van der Waals surface area (Å²) in [5.74, 6) is -0.0623. The van der Waals surface area contributed by atoms with Gasteiger partial charge >= 0.3 is 5.97 Å². The van der Waals surface area contributed by atoms with Crippen LogP contribution in [0.3, 0.4) is 0 Å². The number of aliphatic carboxylic acids is 1. The molecule has 0 heterocycles. The van der Waals surface area contributed by atoms with Crippen molar-refractivity contribution in [3.05, 3.63) is 0 Å². The Morgan fingerprint density at radius 2 is 1.67 bits per heavy atom. The van der Waals surface area contributed by atoms with Gasteiger partial charge in [0.2, 0.25) is 0 Å². The molecule has 0 aromatic heterocycles. The van der Waals surface area contributed by atoms with Crippen LogP contribution in [0.4, 0.5) is 0 Å². The van der Waals surface area contributed by atoms with Gasteiger partial charge in [-0.05, 0) is 18.8 Å². The van der Waals surface area contributed by atoms with Gasteiger partial charge in [0, 0.05) is 6.04 Å². The fourth-order valence-corrected chi connectivity index (χ4v) is 1.96. The van der Waals surface area contributed by atoms with Crippen molar-refractivity contribution in [3.8, 4) is 0 Å².